The van der Waals surface area contributed by atoms with E-state index in [-0.39, 0.29) is 0 Å². The second-order valence-electron chi connectivity index (χ2n) is 6.37. The monoisotopic (exact) mass is 356 g/mol. The van der Waals surface area contributed by atoms with Crippen LogP contribution in [0, 0.1) is 5.92 Å². The molecule has 0 bridgehead atoms. The molecule has 1 unspecified atom stereocenters. The number of nitrogens with zero attached hydrogens (tertiary/aromatic N) is 1. The molecule has 1 saturated carbocycles. The first kappa shape index (κ1) is 15.0. The molecule has 2 heterocycles. The minimum Gasteiger partial charge on any atom is -0.308 e. The van der Waals surface area contributed by atoms with Gasteiger partial charge in [-0.3, -0.25) is 4.90 Å². The molecular weight excluding hydrogens is 332 g/mol. The lowest BCUT2D eigenvalue weighted by atomic mass is 9.87. The lowest BCUT2D eigenvalue weighted by molar-refractivity contribution is 0.0564. The summed E-state index contributed by atoms with van der Waals surface area (Å²) in [5, 5.41) is 6.07. The van der Waals surface area contributed by atoms with E-state index in [1.807, 2.05) is 11.3 Å². The first-order valence-corrected chi connectivity index (χ1v) is 9.55. The van der Waals surface area contributed by atoms with E-state index in [2.05, 4.69) is 51.4 Å². The number of hydrogen-bond acceptors (Lipinski definition) is 3. The van der Waals surface area contributed by atoms with E-state index in [0.29, 0.717) is 5.54 Å². The zero-order valence-corrected chi connectivity index (χ0v) is 14.9. The van der Waals surface area contributed by atoms with E-state index in [9.17, 15) is 0 Å². The molecule has 1 aliphatic carbocycles. The molecule has 4 heteroatoms. The van der Waals surface area contributed by atoms with Crippen LogP contribution in [-0.2, 0) is 6.54 Å². The molecule has 1 atom stereocenters. The van der Waals surface area contributed by atoms with Crippen LogP contribution in [0.2, 0.25) is 0 Å². The summed E-state index contributed by atoms with van der Waals surface area (Å²) >= 11 is 5.58. The van der Waals surface area contributed by atoms with Gasteiger partial charge in [0.05, 0.1) is 0 Å². The van der Waals surface area contributed by atoms with Crippen LogP contribution >= 0.6 is 27.3 Å². The largest absolute Gasteiger partial charge is 0.308 e. The molecule has 3 rings (SSSR count). The number of hydrogen-bond donors (Lipinski definition) is 1. The molecule has 1 aliphatic heterocycles. The predicted molar refractivity (Wildman–Crippen MR) is 90.3 cm³/mol. The van der Waals surface area contributed by atoms with Gasteiger partial charge in [0, 0.05) is 40.6 Å². The second-order valence-corrected chi connectivity index (χ2v) is 8.22. The summed E-state index contributed by atoms with van der Waals surface area (Å²) in [6.07, 6.45) is 5.31. The Labute approximate surface area is 135 Å². The average Bonchev–Trinajstić information content (AvgIpc) is 3.23. The normalized spacial score (nSPS) is 26.9. The number of nitrogens with one attached hydrogen (secondary N) is 1. The van der Waals surface area contributed by atoms with Crippen LogP contribution in [0.5, 0.6) is 0 Å². The fraction of sp³-hybridized carbons (Fsp3) is 0.750. The van der Waals surface area contributed by atoms with Crippen LogP contribution in [0.4, 0.5) is 0 Å². The van der Waals surface area contributed by atoms with E-state index in [1.54, 1.807) is 0 Å². The zero-order valence-electron chi connectivity index (χ0n) is 12.5. The van der Waals surface area contributed by atoms with Gasteiger partial charge in [0.1, 0.15) is 0 Å². The Morgan fingerprint density at radius 3 is 2.70 bits per heavy atom. The van der Waals surface area contributed by atoms with Crippen molar-refractivity contribution in [2.75, 3.05) is 13.1 Å². The van der Waals surface area contributed by atoms with Gasteiger partial charge in [-0.25, -0.2) is 0 Å². The maximum atomic E-state index is 3.88. The fourth-order valence-electron chi connectivity index (χ4n) is 3.48. The molecule has 1 aromatic rings. The summed E-state index contributed by atoms with van der Waals surface area (Å²) < 4.78 is 1.29. The van der Waals surface area contributed by atoms with Crippen molar-refractivity contribution in [2.45, 2.75) is 57.7 Å². The summed E-state index contributed by atoms with van der Waals surface area (Å²) in [6.45, 7) is 8.14. The summed E-state index contributed by atoms with van der Waals surface area (Å²) in [6, 6.07) is 2.93. The van der Waals surface area contributed by atoms with Crippen molar-refractivity contribution in [1.82, 2.24) is 10.2 Å². The fourth-order valence-corrected chi connectivity index (χ4v) is 4.98. The maximum Gasteiger partial charge on any atom is 0.0343 e. The molecule has 1 saturated heterocycles. The highest BCUT2D eigenvalue weighted by atomic mass is 79.9. The van der Waals surface area contributed by atoms with Crippen LogP contribution in [0.1, 0.15) is 44.4 Å². The van der Waals surface area contributed by atoms with Gasteiger partial charge in [-0.1, -0.05) is 13.8 Å². The third-order valence-corrected chi connectivity index (χ3v) is 7.13. The lowest BCUT2D eigenvalue weighted by Gasteiger charge is -2.48. The van der Waals surface area contributed by atoms with Crippen molar-refractivity contribution >= 4 is 27.3 Å². The molecule has 1 N–H and O–H groups in total. The molecule has 2 fully saturated rings. The predicted octanol–water partition coefficient (Wildman–Crippen LogP) is 4.25. The van der Waals surface area contributed by atoms with Gasteiger partial charge in [-0.15, -0.1) is 11.3 Å². The summed E-state index contributed by atoms with van der Waals surface area (Å²) in [7, 11) is 0. The van der Waals surface area contributed by atoms with Gasteiger partial charge in [-0.05, 0) is 59.0 Å². The summed E-state index contributed by atoms with van der Waals surface area (Å²) in [5.74, 6) is 0.938. The lowest BCUT2D eigenvalue weighted by Crippen LogP contribution is -2.64. The van der Waals surface area contributed by atoms with Gasteiger partial charge < -0.3 is 5.32 Å². The molecule has 0 spiro atoms. The van der Waals surface area contributed by atoms with Crippen molar-refractivity contribution in [3.8, 4) is 0 Å². The maximum absolute atomic E-state index is 3.88. The molecule has 0 aromatic carbocycles. The van der Waals surface area contributed by atoms with E-state index in [0.717, 1.165) is 18.5 Å². The van der Waals surface area contributed by atoms with Crippen molar-refractivity contribution in [2.24, 2.45) is 5.92 Å². The standard InChI is InChI=1S/C16H25BrN2S/c1-3-16(4-2)11-19(10-15-13(17)7-8-20-15)14(9-18-16)12-5-6-12/h7-8,12,14,18H,3-6,9-11H2,1-2H3. The molecule has 20 heavy (non-hydrogen) atoms. The van der Waals surface area contributed by atoms with E-state index in [1.165, 1.54) is 48.1 Å². The molecule has 2 nitrogen and oxygen atoms in total. The van der Waals surface area contributed by atoms with Crippen LogP contribution in [-0.4, -0.2) is 29.6 Å². The van der Waals surface area contributed by atoms with Crippen molar-refractivity contribution in [3.63, 3.8) is 0 Å². The molecule has 0 radical (unpaired) electrons. The highest BCUT2D eigenvalue weighted by Gasteiger charge is 2.43. The summed E-state index contributed by atoms with van der Waals surface area (Å²) in [5.41, 5.74) is 0.328. The molecule has 0 amide bonds. The first-order chi connectivity index (χ1) is 9.67. The van der Waals surface area contributed by atoms with E-state index in [4.69, 9.17) is 0 Å². The van der Waals surface area contributed by atoms with Crippen molar-refractivity contribution < 1.29 is 0 Å². The van der Waals surface area contributed by atoms with Gasteiger partial charge >= 0.3 is 0 Å². The van der Waals surface area contributed by atoms with Crippen molar-refractivity contribution in [3.05, 3.63) is 20.8 Å². The highest BCUT2D eigenvalue weighted by molar-refractivity contribution is 9.10. The van der Waals surface area contributed by atoms with Crippen molar-refractivity contribution in [1.29, 1.82) is 0 Å². The highest BCUT2D eigenvalue weighted by Crippen LogP contribution is 2.39. The van der Waals surface area contributed by atoms with Gasteiger partial charge in [0.25, 0.3) is 0 Å². The molecular formula is C16H25BrN2S. The number of rotatable bonds is 5. The smallest absolute Gasteiger partial charge is 0.0343 e. The number of thiophene rings is 1. The quantitative estimate of drug-likeness (QED) is 0.847. The summed E-state index contributed by atoms with van der Waals surface area (Å²) in [4.78, 5) is 4.25. The van der Waals surface area contributed by atoms with Gasteiger partial charge in [0.15, 0.2) is 0 Å². The number of halogens is 1. The van der Waals surface area contributed by atoms with Crippen LogP contribution in [0.25, 0.3) is 0 Å². The minimum absolute atomic E-state index is 0.328. The topological polar surface area (TPSA) is 15.3 Å². The third-order valence-electron chi connectivity index (χ3n) is 5.22. The number of piperazine rings is 1. The van der Waals surface area contributed by atoms with Crippen LogP contribution < -0.4 is 5.32 Å². The van der Waals surface area contributed by atoms with E-state index >= 15 is 0 Å². The first-order valence-electron chi connectivity index (χ1n) is 7.88. The minimum atomic E-state index is 0.328. The van der Waals surface area contributed by atoms with Gasteiger partial charge in [-0.2, -0.15) is 0 Å². The van der Waals surface area contributed by atoms with Gasteiger partial charge in [0.2, 0.25) is 0 Å². The second kappa shape index (κ2) is 6.07. The molecule has 2 aliphatic rings. The molecule has 112 valence electrons. The van der Waals surface area contributed by atoms with E-state index < -0.39 is 0 Å². The SMILES string of the molecule is CCC1(CC)CN(Cc2sccc2Br)C(C2CC2)CN1. The Morgan fingerprint density at radius 2 is 2.15 bits per heavy atom. The zero-order chi connectivity index (χ0) is 14.2. The Bertz CT molecular complexity index is 451. The molecule has 1 aromatic heterocycles. The average molecular weight is 357 g/mol. The Kier molecular flexibility index (Phi) is 4.56. The Hall–Kier alpha value is 0.1000. The van der Waals surface area contributed by atoms with Crippen LogP contribution in [0.3, 0.4) is 0 Å². The Balaban J connectivity index is 1.77. The third kappa shape index (κ3) is 2.99. The van der Waals surface area contributed by atoms with Crippen LogP contribution in [0.15, 0.2) is 15.9 Å². The Morgan fingerprint density at radius 1 is 1.40 bits per heavy atom.